The van der Waals surface area contributed by atoms with Crippen LogP contribution < -0.4 is 0 Å². The number of ether oxygens (including phenoxy) is 2. The molecule has 4 heterocycles. The second-order valence-corrected chi connectivity index (χ2v) is 5.94. The third-order valence-electron chi connectivity index (χ3n) is 4.13. The van der Waals surface area contributed by atoms with Crippen molar-refractivity contribution in [3.05, 3.63) is 60.2 Å². The maximum atomic E-state index is 12.9. The number of H-pyrrole nitrogens is 1. The number of fused-ring (bicyclic) bond motifs is 1. The van der Waals surface area contributed by atoms with E-state index in [0.29, 0.717) is 17.0 Å². The molecule has 0 aliphatic carbocycles. The molecule has 1 saturated heterocycles. The van der Waals surface area contributed by atoms with E-state index in [1.165, 1.54) is 0 Å². The van der Waals surface area contributed by atoms with Crippen LogP contribution in [0.4, 0.5) is 5.82 Å². The number of nitrogens with zero attached hydrogens (tertiary/aromatic N) is 3. The lowest BCUT2D eigenvalue weighted by Gasteiger charge is -2.05. The summed E-state index contributed by atoms with van der Waals surface area (Å²) in [5.41, 5.74) is 1.40. The minimum Gasteiger partial charge on any atom is -0.465 e. The Balaban J connectivity index is 1.74. The van der Waals surface area contributed by atoms with Crippen LogP contribution in [0.15, 0.2) is 59.7 Å². The highest BCUT2D eigenvalue weighted by Gasteiger charge is 2.44. The Labute approximate surface area is 159 Å². The molecule has 0 aromatic carbocycles. The molecule has 4 rings (SSSR count). The van der Waals surface area contributed by atoms with Gasteiger partial charge in [0.05, 0.1) is 6.61 Å². The van der Waals surface area contributed by atoms with Crippen LogP contribution in [0.5, 0.6) is 0 Å². The number of carbonyl (C=O) groups is 2. The number of aromatic nitrogens is 3. The number of rotatable bonds is 4. The highest BCUT2D eigenvalue weighted by atomic mass is 16.5. The smallest absolute Gasteiger partial charge is 0.326 e. The van der Waals surface area contributed by atoms with E-state index in [1.807, 2.05) is 6.07 Å². The van der Waals surface area contributed by atoms with Crippen LogP contribution in [0.1, 0.15) is 12.5 Å². The van der Waals surface area contributed by atoms with Crippen molar-refractivity contribution in [3.8, 4) is 0 Å². The van der Waals surface area contributed by atoms with E-state index in [0.717, 1.165) is 5.39 Å². The monoisotopic (exact) mass is 376 g/mol. The molecule has 0 amide bonds. The number of aliphatic imine (C=N–C) groups is 1. The summed E-state index contributed by atoms with van der Waals surface area (Å²) in [6.45, 7) is 1.82. The molecule has 1 unspecified atom stereocenters. The van der Waals surface area contributed by atoms with E-state index in [9.17, 15) is 9.59 Å². The van der Waals surface area contributed by atoms with Crippen molar-refractivity contribution in [3.63, 3.8) is 0 Å². The summed E-state index contributed by atoms with van der Waals surface area (Å²) in [7, 11) is 0. The predicted molar refractivity (Wildman–Crippen MR) is 102 cm³/mol. The minimum absolute atomic E-state index is 0.0116. The number of aromatic amines is 1. The molecule has 1 atom stereocenters. The van der Waals surface area contributed by atoms with E-state index in [2.05, 4.69) is 19.9 Å². The molecule has 0 spiro atoms. The Morgan fingerprint density at radius 1 is 1.29 bits per heavy atom. The summed E-state index contributed by atoms with van der Waals surface area (Å²) in [6.07, 6.45) is 6.51. The highest BCUT2D eigenvalue weighted by Crippen LogP contribution is 2.28. The van der Waals surface area contributed by atoms with Crippen LogP contribution in [-0.4, -0.2) is 39.2 Å². The predicted octanol–water partition coefficient (Wildman–Crippen LogP) is 2.81. The summed E-state index contributed by atoms with van der Waals surface area (Å²) in [4.78, 5) is 40.8. The first-order chi connectivity index (χ1) is 13.7. The Bertz CT molecular complexity index is 1100. The van der Waals surface area contributed by atoms with Crippen LogP contribution in [0.25, 0.3) is 17.1 Å². The molecule has 1 aliphatic heterocycles. The molecule has 8 nitrogen and oxygen atoms in total. The summed E-state index contributed by atoms with van der Waals surface area (Å²) >= 11 is 0. The largest absolute Gasteiger partial charge is 0.465 e. The van der Waals surface area contributed by atoms with Crippen molar-refractivity contribution in [1.82, 2.24) is 15.0 Å². The quantitative estimate of drug-likeness (QED) is 0.426. The number of Topliss-reactive ketones (excluding diaryl/α,β-unsaturated/α-hetero) is 1. The van der Waals surface area contributed by atoms with Gasteiger partial charge >= 0.3 is 5.97 Å². The molecule has 1 fully saturated rings. The first-order valence-corrected chi connectivity index (χ1v) is 8.69. The van der Waals surface area contributed by atoms with Crippen molar-refractivity contribution >= 4 is 40.6 Å². The second-order valence-electron chi connectivity index (χ2n) is 5.94. The standard InChI is InChI=1S/C20H16N4O4/c1-2-27-20(26)16-17(25)14(28-19(16)24-15-7-3-4-8-21-15)10-12-11-23-18-13(12)6-5-9-22-18/h3-11,16H,2H2,1H3,(H,22,23)/b14-10-,24-19?. The fraction of sp³-hybridized carbons (Fsp3) is 0.150. The lowest BCUT2D eigenvalue weighted by Crippen LogP contribution is -2.27. The van der Waals surface area contributed by atoms with Gasteiger partial charge in [-0.15, -0.1) is 0 Å². The van der Waals surface area contributed by atoms with Crippen LogP contribution in [0.2, 0.25) is 0 Å². The van der Waals surface area contributed by atoms with E-state index >= 15 is 0 Å². The van der Waals surface area contributed by atoms with Crippen LogP contribution in [0, 0.1) is 5.92 Å². The molecule has 3 aromatic rings. The van der Waals surface area contributed by atoms with Gasteiger partial charge in [-0.2, -0.15) is 4.99 Å². The van der Waals surface area contributed by atoms with Crippen molar-refractivity contribution in [2.24, 2.45) is 10.9 Å². The summed E-state index contributed by atoms with van der Waals surface area (Å²) in [5, 5.41) is 0.828. The van der Waals surface area contributed by atoms with E-state index in [4.69, 9.17) is 9.47 Å². The van der Waals surface area contributed by atoms with Crippen LogP contribution in [-0.2, 0) is 19.1 Å². The van der Waals surface area contributed by atoms with Gasteiger partial charge < -0.3 is 14.5 Å². The van der Waals surface area contributed by atoms with Crippen LogP contribution >= 0.6 is 0 Å². The zero-order valence-corrected chi connectivity index (χ0v) is 15.0. The van der Waals surface area contributed by atoms with Gasteiger partial charge in [0.15, 0.2) is 17.5 Å². The van der Waals surface area contributed by atoms with Crippen molar-refractivity contribution in [2.75, 3.05) is 6.61 Å². The Hall–Kier alpha value is -3.81. The van der Waals surface area contributed by atoms with Crippen molar-refractivity contribution in [2.45, 2.75) is 6.92 Å². The highest BCUT2D eigenvalue weighted by molar-refractivity contribution is 6.27. The van der Waals surface area contributed by atoms with Gasteiger partial charge in [0.1, 0.15) is 5.65 Å². The molecular weight excluding hydrogens is 360 g/mol. The molecule has 3 aromatic heterocycles. The lowest BCUT2D eigenvalue weighted by atomic mass is 10.0. The van der Waals surface area contributed by atoms with Gasteiger partial charge in [-0.3, -0.25) is 9.59 Å². The van der Waals surface area contributed by atoms with E-state index < -0.39 is 17.7 Å². The van der Waals surface area contributed by atoms with Crippen LogP contribution in [0.3, 0.4) is 0 Å². The third kappa shape index (κ3) is 3.27. The van der Waals surface area contributed by atoms with E-state index in [-0.39, 0.29) is 18.3 Å². The number of ketones is 1. The minimum atomic E-state index is -1.25. The maximum absolute atomic E-state index is 12.9. The maximum Gasteiger partial charge on any atom is 0.326 e. The van der Waals surface area contributed by atoms with E-state index in [1.54, 1.807) is 55.9 Å². The van der Waals surface area contributed by atoms with Gasteiger partial charge in [-0.05, 0) is 37.3 Å². The number of hydrogen-bond acceptors (Lipinski definition) is 7. The first kappa shape index (κ1) is 17.6. The Morgan fingerprint density at radius 2 is 2.14 bits per heavy atom. The molecule has 1 N–H and O–H groups in total. The normalized spacial score (nSPS) is 19.3. The van der Waals surface area contributed by atoms with Gasteiger partial charge in [-0.1, -0.05) is 6.07 Å². The van der Waals surface area contributed by atoms with Gasteiger partial charge in [0, 0.05) is 29.5 Å². The first-order valence-electron chi connectivity index (χ1n) is 8.69. The topological polar surface area (TPSA) is 107 Å². The third-order valence-corrected chi connectivity index (χ3v) is 4.13. The molecule has 28 heavy (non-hydrogen) atoms. The average Bonchev–Trinajstić information content (AvgIpc) is 3.24. The number of nitrogens with one attached hydrogen (secondary N) is 1. The molecular formula is C20H16N4O4. The van der Waals surface area contributed by atoms with Gasteiger partial charge in [0.25, 0.3) is 0 Å². The zero-order valence-electron chi connectivity index (χ0n) is 15.0. The van der Waals surface area contributed by atoms with Crippen molar-refractivity contribution in [1.29, 1.82) is 0 Å². The molecule has 0 saturated carbocycles. The molecule has 1 aliphatic rings. The number of hydrogen-bond donors (Lipinski definition) is 1. The average molecular weight is 376 g/mol. The SMILES string of the molecule is CCOC(=O)C1C(=O)/C(=C/c2c[nH]c3ncccc23)OC1=Nc1ccccn1. The van der Waals surface area contributed by atoms with Crippen molar-refractivity contribution < 1.29 is 19.1 Å². The molecule has 8 heteroatoms. The molecule has 0 radical (unpaired) electrons. The van der Waals surface area contributed by atoms with Gasteiger partial charge in [0.2, 0.25) is 11.7 Å². The summed E-state index contributed by atoms with van der Waals surface area (Å²) in [6, 6.07) is 8.80. The number of esters is 1. The fourth-order valence-corrected chi connectivity index (χ4v) is 2.87. The van der Waals surface area contributed by atoms with Gasteiger partial charge in [-0.25, -0.2) is 9.97 Å². The number of carbonyl (C=O) groups excluding carboxylic acids is 2. The Kier molecular flexibility index (Phi) is 4.67. The zero-order chi connectivity index (χ0) is 19.5. The fourth-order valence-electron chi connectivity index (χ4n) is 2.87. The lowest BCUT2D eigenvalue weighted by molar-refractivity contribution is -0.147. The number of allylic oxidation sites excluding steroid dienone is 1. The molecule has 140 valence electrons. The second kappa shape index (κ2) is 7.43. The Morgan fingerprint density at radius 3 is 2.93 bits per heavy atom. The molecule has 0 bridgehead atoms. The number of pyridine rings is 2. The summed E-state index contributed by atoms with van der Waals surface area (Å²) < 4.78 is 10.7. The summed E-state index contributed by atoms with van der Waals surface area (Å²) in [5.74, 6) is -2.17.